The van der Waals surface area contributed by atoms with Gasteiger partial charge in [0, 0.05) is 17.0 Å². The molecule has 19 heavy (non-hydrogen) atoms. The number of hydrogen-bond acceptors (Lipinski definition) is 3. The van der Waals surface area contributed by atoms with Gasteiger partial charge in [-0.05, 0) is 43.9 Å². The minimum Gasteiger partial charge on any atom is -0.496 e. The maximum Gasteiger partial charge on any atom is 0.133 e. The van der Waals surface area contributed by atoms with Gasteiger partial charge in [0.2, 0.25) is 0 Å². The smallest absolute Gasteiger partial charge is 0.133 e. The molecule has 1 atom stereocenters. The fraction of sp³-hybridized carbons (Fsp3) is 0.400. The molecule has 0 saturated heterocycles. The Morgan fingerprint density at radius 3 is 2.74 bits per heavy atom. The maximum absolute atomic E-state index is 13.5. The summed E-state index contributed by atoms with van der Waals surface area (Å²) in [5, 5.41) is 0.730. The molecule has 3 nitrogen and oxygen atoms in total. The van der Waals surface area contributed by atoms with Crippen molar-refractivity contribution < 1.29 is 9.13 Å². The molecule has 1 heterocycles. The van der Waals surface area contributed by atoms with Crippen molar-refractivity contribution in [3.8, 4) is 5.75 Å². The second-order valence-corrected chi connectivity index (χ2v) is 5.17. The number of aromatic nitrogens is 1. The Balaban J connectivity index is 2.36. The molecule has 2 N–H and O–H groups in total. The Labute approximate surface area is 111 Å². The predicted molar refractivity (Wildman–Crippen MR) is 72.8 cm³/mol. The van der Waals surface area contributed by atoms with Gasteiger partial charge in [0.05, 0.1) is 18.3 Å². The molecule has 2 aromatic rings. The van der Waals surface area contributed by atoms with E-state index in [0.29, 0.717) is 5.92 Å². The first-order valence-corrected chi connectivity index (χ1v) is 6.54. The van der Waals surface area contributed by atoms with E-state index in [-0.39, 0.29) is 11.9 Å². The quantitative estimate of drug-likeness (QED) is 0.921. The lowest BCUT2D eigenvalue weighted by atomic mass is 10.00. The molecule has 0 spiro atoms. The standard InChI is InChI=1S/C15H17FN2O/c1-8(17)14-13(9-3-4-9)15(19-2)11-7-10(16)5-6-12(11)18-14/h5-9H,3-4,17H2,1-2H3/t8-/m1/s1. The molecule has 0 radical (unpaired) electrons. The number of nitrogens with zero attached hydrogens (tertiary/aromatic N) is 1. The average Bonchev–Trinajstić information content (AvgIpc) is 3.20. The SMILES string of the molecule is COc1c(C2CC2)c([C@@H](C)N)nc2ccc(F)cc12. The molecule has 0 amide bonds. The summed E-state index contributed by atoms with van der Waals surface area (Å²) < 4.78 is 19.0. The summed E-state index contributed by atoms with van der Waals surface area (Å²) >= 11 is 0. The molecule has 1 fully saturated rings. The van der Waals surface area contributed by atoms with Crippen LogP contribution in [0.4, 0.5) is 4.39 Å². The zero-order valence-electron chi connectivity index (χ0n) is 11.1. The van der Waals surface area contributed by atoms with Crippen molar-refractivity contribution in [3.63, 3.8) is 0 Å². The number of methoxy groups -OCH3 is 1. The van der Waals surface area contributed by atoms with Crippen LogP contribution in [0, 0.1) is 5.82 Å². The fourth-order valence-corrected chi connectivity index (χ4v) is 2.57. The molecule has 0 unspecified atom stereocenters. The fourth-order valence-electron chi connectivity index (χ4n) is 2.57. The Morgan fingerprint density at radius 1 is 1.42 bits per heavy atom. The summed E-state index contributed by atoms with van der Waals surface area (Å²) in [7, 11) is 1.62. The highest BCUT2D eigenvalue weighted by Crippen LogP contribution is 2.48. The second-order valence-electron chi connectivity index (χ2n) is 5.17. The lowest BCUT2D eigenvalue weighted by Crippen LogP contribution is -2.12. The maximum atomic E-state index is 13.5. The number of pyridine rings is 1. The summed E-state index contributed by atoms with van der Waals surface area (Å²) in [5.41, 5.74) is 8.70. The number of ether oxygens (including phenoxy) is 1. The van der Waals surface area contributed by atoms with Gasteiger partial charge in [-0.2, -0.15) is 0 Å². The van der Waals surface area contributed by atoms with E-state index in [1.807, 2.05) is 6.92 Å². The third-order valence-corrected chi connectivity index (χ3v) is 3.59. The number of fused-ring (bicyclic) bond motifs is 1. The van der Waals surface area contributed by atoms with Crippen LogP contribution in [0.3, 0.4) is 0 Å². The summed E-state index contributed by atoms with van der Waals surface area (Å²) in [5.74, 6) is 0.915. The number of nitrogens with two attached hydrogens (primary N) is 1. The third-order valence-electron chi connectivity index (χ3n) is 3.59. The van der Waals surface area contributed by atoms with E-state index in [0.717, 1.165) is 40.8 Å². The molecule has 1 aromatic carbocycles. The minimum absolute atomic E-state index is 0.154. The summed E-state index contributed by atoms with van der Waals surface area (Å²) in [4.78, 5) is 4.61. The molecule has 0 aliphatic heterocycles. The first-order chi connectivity index (χ1) is 9.11. The van der Waals surface area contributed by atoms with E-state index < -0.39 is 0 Å². The van der Waals surface area contributed by atoms with Crippen LogP contribution in [0.15, 0.2) is 18.2 Å². The lowest BCUT2D eigenvalue weighted by molar-refractivity contribution is 0.412. The molecule has 4 heteroatoms. The second kappa shape index (κ2) is 4.46. The van der Waals surface area contributed by atoms with Gasteiger partial charge >= 0.3 is 0 Å². The van der Waals surface area contributed by atoms with Crippen molar-refractivity contribution in [3.05, 3.63) is 35.3 Å². The first-order valence-electron chi connectivity index (χ1n) is 6.54. The van der Waals surface area contributed by atoms with Crippen molar-refractivity contribution in [2.24, 2.45) is 5.73 Å². The zero-order valence-corrected chi connectivity index (χ0v) is 11.1. The molecule has 1 aliphatic rings. The Hall–Kier alpha value is -1.68. The number of hydrogen-bond donors (Lipinski definition) is 1. The average molecular weight is 260 g/mol. The number of benzene rings is 1. The highest BCUT2D eigenvalue weighted by atomic mass is 19.1. The molecule has 0 bridgehead atoms. The van der Waals surface area contributed by atoms with E-state index in [1.54, 1.807) is 13.2 Å². The highest BCUT2D eigenvalue weighted by molar-refractivity contribution is 5.87. The largest absolute Gasteiger partial charge is 0.496 e. The number of halogens is 1. The van der Waals surface area contributed by atoms with Crippen molar-refractivity contribution in [1.29, 1.82) is 0 Å². The van der Waals surface area contributed by atoms with Crippen LogP contribution in [-0.4, -0.2) is 12.1 Å². The predicted octanol–water partition coefficient (Wildman–Crippen LogP) is 3.28. The Morgan fingerprint density at radius 2 is 2.16 bits per heavy atom. The van der Waals surface area contributed by atoms with E-state index in [9.17, 15) is 4.39 Å². The summed E-state index contributed by atoms with van der Waals surface area (Å²) in [6.07, 6.45) is 2.25. The Bertz CT molecular complexity index is 636. The summed E-state index contributed by atoms with van der Waals surface area (Å²) in [6, 6.07) is 4.42. The van der Waals surface area contributed by atoms with Crippen LogP contribution in [0.1, 0.15) is 43.0 Å². The Kier molecular flexibility index (Phi) is 2.90. The van der Waals surface area contributed by atoms with Crippen LogP contribution >= 0.6 is 0 Å². The monoisotopic (exact) mass is 260 g/mol. The van der Waals surface area contributed by atoms with Crippen LogP contribution in [0.2, 0.25) is 0 Å². The van der Waals surface area contributed by atoms with E-state index >= 15 is 0 Å². The van der Waals surface area contributed by atoms with E-state index in [1.165, 1.54) is 12.1 Å². The van der Waals surface area contributed by atoms with Crippen LogP contribution in [0.5, 0.6) is 5.75 Å². The zero-order chi connectivity index (χ0) is 13.6. The van der Waals surface area contributed by atoms with Crippen molar-refractivity contribution in [2.45, 2.75) is 31.7 Å². The van der Waals surface area contributed by atoms with Gasteiger partial charge in [0.1, 0.15) is 11.6 Å². The highest BCUT2D eigenvalue weighted by Gasteiger charge is 2.32. The molecule has 3 rings (SSSR count). The van der Waals surface area contributed by atoms with Gasteiger partial charge in [-0.1, -0.05) is 0 Å². The molecule has 1 aromatic heterocycles. The first kappa shape index (κ1) is 12.4. The van der Waals surface area contributed by atoms with Crippen LogP contribution in [-0.2, 0) is 0 Å². The van der Waals surface area contributed by atoms with Crippen molar-refractivity contribution >= 4 is 10.9 Å². The third kappa shape index (κ3) is 2.06. The molecule has 1 saturated carbocycles. The minimum atomic E-state index is -0.275. The van der Waals surface area contributed by atoms with Gasteiger partial charge in [-0.25, -0.2) is 4.39 Å². The van der Waals surface area contributed by atoms with E-state index in [2.05, 4.69) is 4.98 Å². The number of rotatable bonds is 3. The van der Waals surface area contributed by atoms with Gasteiger partial charge in [-0.3, -0.25) is 4.98 Å². The van der Waals surface area contributed by atoms with Crippen molar-refractivity contribution in [2.75, 3.05) is 7.11 Å². The molecular weight excluding hydrogens is 243 g/mol. The molecular formula is C15H17FN2O. The topological polar surface area (TPSA) is 48.1 Å². The van der Waals surface area contributed by atoms with Gasteiger partial charge in [0.15, 0.2) is 0 Å². The molecule has 100 valence electrons. The van der Waals surface area contributed by atoms with Crippen molar-refractivity contribution in [1.82, 2.24) is 4.98 Å². The lowest BCUT2D eigenvalue weighted by Gasteiger charge is -2.17. The molecule has 1 aliphatic carbocycles. The van der Waals surface area contributed by atoms with E-state index in [4.69, 9.17) is 10.5 Å². The summed E-state index contributed by atoms with van der Waals surface area (Å²) in [6.45, 7) is 1.92. The van der Waals surface area contributed by atoms with Crippen LogP contribution < -0.4 is 10.5 Å². The van der Waals surface area contributed by atoms with Gasteiger partial charge < -0.3 is 10.5 Å². The van der Waals surface area contributed by atoms with Gasteiger partial charge in [-0.15, -0.1) is 0 Å². The normalized spacial score (nSPS) is 16.6. The van der Waals surface area contributed by atoms with Gasteiger partial charge in [0.25, 0.3) is 0 Å². The van der Waals surface area contributed by atoms with Crippen LogP contribution in [0.25, 0.3) is 10.9 Å².